The summed E-state index contributed by atoms with van der Waals surface area (Å²) in [6, 6.07) is 14.5. The van der Waals surface area contributed by atoms with Gasteiger partial charge in [-0.1, -0.05) is 24.3 Å². The molecule has 0 aliphatic carbocycles. The molecule has 1 aromatic heterocycles. The normalized spacial score (nSPS) is 11.4. The zero-order valence-electron chi connectivity index (χ0n) is 15.4. The topological polar surface area (TPSA) is 126 Å². The fourth-order valence-electron chi connectivity index (χ4n) is 2.93. The van der Waals surface area contributed by atoms with Gasteiger partial charge in [0, 0.05) is 18.0 Å². The summed E-state index contributed by atoms with van der Waals surface area (Å²) in [4.78, 5) is 25.3. The van der Waals surface area contributed by atoms with Crippen molar-refractivity contribution in [1.29, 1.82) is 0 Å². The molecule has 0 fully saturated rings. The number of H-pyrrole nitrogens is 1. The van der Waals surface area contributed by atoms with Crippen molar-refractivity contribution in [3.05, 3.63) is 70.5 Å². The van der Waals surface area contributed by atoms with Gasteiger partial charge in [0.15, 0.2) is 6.61 Å². The first kappa shape index (κ1) is 20.6. The maximum atomic E-state index is 12.2. The van der Waals surface area contributed by atoms with Gasteiger partial charge in [0.2, 0.25) is 15.6 Å². The van der Waals surface area contributed by atoms with Gasteiger partial charge in [0.05, 0.1) is 10.4 Å². The first-order valence-electron chi connectivity index (χ1n) is 8.91. The van der Waals surface area contributed by atoms with E-state index in [0.717, 1.165) is 10.9 Å². The van der Waals surface area contributed by atoms with Crippen molar-refractivity contribution in [1.82, 2.24) is 9.71 Å². The zero-order valence-corrected chi connectivity index (χ0v) is 16.2. The minimum absolute atomic E-state index is 0.211. The largest absolute Gasteiger partial charge is 0.480 e. The minimum Gasteiger partial charge on any atom is -0.480 e. The van der Waals surface area contributed by atoms with Crippen LogP contribution in [0, 0.1) is 0 Å². The lowest BCUT2D eigenvalue weighted by Gasteiger charge is -2.12. The Morgan fingerprint density at radius 2 is 1.83 bits per heavy atom. The third kappa shape index (κ3) is 5.21. The maximum Gasteiger partial charge on any atom is 0.341 e. The van der Waals surface area contributed by atoms with Gasteiger partial charge in [0.25, 0.3) is 0 Å². The molecule has 0 amide bonds. The molecule has 0 saturated heterocycles. The number of aromatic amines is 1. The van der Waals surface area contributed by atoms with E-state index in [0.29, 0.717) is 18.4 Å². The first-order chi connectivity index (χ1) is 13.9. The Morgan fingerprint density at radius 3 is 2.55 bits per heavy atom. The summed E-state index contributed by atoms with van der Waals surface area (Å²) in [5.41, 5.74) is 0.976. The van der Waals surface area contributed by atoms with E-state index in [2.05, 4.69) is 9.71 Å². The molecule has 3 aromatic rings. The Balaban J connectivity index is 1.71. The summed E-state index contributed by atoms with van der Waals surface area (Å²) in [7, 11) is -3.56. The molecule has 0 radical (unpaired) electrons. The molecule has 0 bridgehead atoms. The van der Waals surface area contributed by atoms with Crippen molar-refractivity contribution >= 4 is 26.9 Å². The van der Waals surface area contributed by atoms with Crippen molar-refractivity contribution in [3.8, 4) is 5.75 Å². The molecule has 1 heterocycles. The van der Waals surface area contributed by atoms with Crippen LogP contribution in [-0.2, 0) is 21.2 Å². The van der Waals surface area contributed by atoms with Crippen LogP contribution in [0.2, 0.25) is 0 Å². The Morgan fingerprint density at radius 1 is 1.07 bits per heavy atom. The van der Waals surface area contributed by atoms with E-state index in [1.54, 1.807) is 36.4 Å². The number of hydrogen-bond acceptors (Lipinski definition) is 5. The molecule has 2 aromatic carbocycles. The van der Waals surface area contributed by atoms with Gasteiger partial charge >= 0.3 is 5.97 Å². The number of hydrogen-bond donors (Lipinski definition) is 3. The highest BCUT2D eigenvalue weighted by atomic mass is 32.2. The van der Waals surface area contributed by atoms with E-state index < -0.39 is 22.6 Å². The SMILES string of the molecule is O=C(O)COc1ccc(CCCNS(=O)(=O)c2ccccc2)c2ccc(=O)[nH]c12. The molecule has 0 aliphatic rings. The van der Waals surface area contributed by atoms with Crippen LogP contribution < -0.4 is 15.0 Å². The Hall–Kier alpha value is -3.17. The summed E-state index contributed by atoms with van der Waals surface area (Å²) < 4.78 is 32.3. The van der Waals surface area contributed by atoms with Crippen molar-refractivity contribution < 1.29 is 23.1 Å². The second-order valence-electron chi connectivity index (χ2n) is 6.33. The summed E-state index contributed by atoms with van der Waals surface area (Å²) in [5, 5.41) is 9.52. The molecule has 152 valence electrons. The molecule has 29 heavy (non-hydrogen) atoms. The van der Waals surface area contributed by atoms with Crippen LogP contribution in [0.5, 0.6) is 5.75 Å². The molecule has 0 aliphatic heterocycles. The van der Waals surface area contributed by atoms with Crippen LogP contribution in [0.15, 0.2) is 64.3 Å². The predicted molar refractivity (Wildman–Crippen MR) is 108 cm³/mol. The third-order valence-corrected chi connectivity index (χ3v) is 5.74. The smallest absolute Gasteiger partial charge is 0.341 e. The number of carbonyl (C=O) groups is 1. The number of carboxylic acids is 1. The molecule has 0 unspecified atom stereocenters. The highest BCUT2D eigenvalue weighted by Gasteiger charge is 2.13. The number of benzene rings is 2. The third-order valence-electron chi connectivity index (χ3n) is 4.27. The van der Waals surface area contributed by atoms with Gasteiger partial charge in [-0.05, 0) is 42.7 Å². The molecule has 3 N–H and O–H groups in total. The van der Waals surface area contributed by atoms with Crippen molar-refractivity contribution in [2.75, 3.05) is 13.2 Å². The molecule has 3 rings (SSSR count). The highest BCUT2D eigenvalue weighted by Crippen LogP contribution is 2.26. The fourth-order valence-corrected chi connectivity index (χ4v) is 4.03. The van der Waals surface area contributed by atoms with Crippen molar-refractivity contribution in [2.24, 2.45) is 0 Å². The fraction of sp³-hybridized carbons (Fsp3) is 0.200. The lowest BCUT2D eigenvalue weighted by Crippen LogP contribution is -2.25. The van der Waals surface area contributed by atoms with E-state index in [-0.39, 0.29) is 22.7 Å². The van der Waals surface area contributed by atoms with E-state index in [1.807, 2.05) is 0 Å². The standard InChI is InChI=1S/C20H20N2O6S/c23-18-11-9-16-14(8-10-17(20(16)22-18)28-13-19(24)25)5-4-12-21-29(26,27)15-6-2-1-3-7-15/h1-3,6-11,21H,4-5,12-13H2,(H,22,23)(H,24,25). The highest BCUT2D eigenvalue weighted by molar-refractivity contribution is 7.89. The Labute approximate surface area is 167 Å². The number of carboxylic acid groups (broad SMARTS) is 1. The van der Waals surface area contributed by atoms with Crippen molar-refractivity contribution in [3.63, 3.8) is 0 Å². The molecule has 0 spiro atoms. The van der Waals surface area contributed by atoms with Crippen LogP contribution >= 0.6 is 0 Å². The van der Waals surface area contributed by atoms with Crippen LogP contribution in [0.3, 0.4) is 0 Å². The monoisotopic (exact) mass is 416 g/mol. The zero-order chi connectivity index (χ0) is 20.9. The van der Waals surface area contributed by atoms with Crippen LogP contribution in [-0.4, -0.2) is 37.6 Å². The molecule has 0 saturated carbocycles. The molecule has 9 heteroatoms. The molecular weight excluding hydrogens is 396 g/mol. The van der Waals surface area contributed by atoms with E-state index in [1.165, 1.54) is 18.2 Å². The summed E-state index contributed by atoms with van der Waals surface area (Å²) in [6.07, 6.45) is 1.09. The summed E-state index contributed by atoms with van der Waals surface area (Å²) >= 11 is 0. The van der Waals surface area contributed by atoms with Gasteiger partial charge in [-0.15, -0.1) is 0 Å². The van der Waals surface area contributed by atoms with Crippen LogP contribution in [0.25, 0.3) is 10.9 Å². The number of aryl methyl sites for hydroxylation is 1. The minimum atomic E-state index is -3.56. The summed E-state index contributed by atoms with van der Waals surface area (Å²) in [5.74, 6) is -0.847. The number of sulfonamides is 1. The second-order valence-corrected chi connectivity index (χ2v) is 8.10. The van der Waals surface area contributed by atoms with Gasteiger partial charge in [-0.3, -0.25) is 4.79 Å². The number of nitrogens with one attached hydrogen (secondary N) is 2. The first-order valence-corrected chi connectivity index (χ1v) is 10.4. The van der Waals surface area contributed by atoms with Crippen LogP contribution in [0.4, 0.5) is 0 Å². The number of aliphatic carboxylic acids is 1. The van der Waals surface area contributed by atoms with E-state index in [9.17, 15) is 18.0 Å². The Bertz CT molecular complexity index is 1170. The van der Waals surface area contributed by atoms with Gasteiger partial charge in [0.1, 0.15) is 5.75 Å². The number of rotatable bonds is 9. The lowest BCUT2D eigenvalue weighted by molar-refractivity contribution is -0.139. The van der Waals surface area contributed by atoms with Crippen molar-refractivity contribution in [2.45, 2.75) is 17.7 Å². The number of ether oxygens (including phenoxy) is 1. The quantitative estimate of drug-likeness (QED) is 0.458. The average Bonchev–Trinajstić information content (AvgIpc) is 2.70. The predicted octanol–water partition coefficient (Wildman–Crippen LogP) is 1.90. The molecule has 0 atom stereocenters. The van der Waals surface area contributed by atoms with Crippen LogP contribution in [0.1, 0.15) is 12.0 Å². The maximum absolute atomic E-state index is 12.2. The van der Waals surface area contributed by atoms with Gasteiger partial charge in [-0.25, -0.2) is 17.9 Å². The Kier molecular flexibility index (Phi) is 6.30. The molecular formula is C20H20N2O6S. The van der Waals surface area contributed by atoms with Gasteiger partial charge < -0.3 is 14.8 Å². The number of pyridine rings is 1. The second kappa shape index (κ2) is 8.89. The summed E-state index contributed by atoms with van der Waals surface area (Å²) in [6.45, 7) is -0.272. The van der Waals surface area contributed by atoms with Gasteiger partial charge in [-0.2, -0.15) is 0 Å². The average molecular weight is 416 g/mol. The lowest BCUT2D eigenvalue weighted by atomic mass is 10.0. The van der Waals surface area contributed by atoms with E-state index >= 15 is 0 Å². The van der Waals surface area contributed by atoms with E-state index in [4.69, 9.17) is 9.84 Å². The molecule has 8 nitrogen and oxygen atoms in total. The number of aromatic nitrogens is 1. The number of fused-ring (bicyclic) bond motifs is 1.